The second-order valence-corrected chi connectivity index (χ2v) is 14.4. The number of fused-ring (bicyclic) bond motifs is 1. The minimum Gasteiger partial charge on any atom is -0.486 e. The maximum Gasteiger partial charge on any atom is 0.409 e. The lowest BCUT2D eigenvalue weighted by Gasteiger charge is -2.36. The number of halogens is 1. The van der Waals surface area contributed by atoms with Crippen molar-refractivity contribution < 1.29 is 36.3 Å². The number of ether oxygens (including phenoxy) is 1. The molecule has 16 heteroatoms. The van der Waals surface area contributed by atoms with Gasteiger partial charge in [-0.25, -0.2) is 21.6 Å². The van der Waals surface area contributed by atoms with E-state index >= 15 is 0 Å². The summed E-state index contributed by atoms with van der Waals surface area (Å²) in [6.45, 7) is 7.74. The number of hydrogen-bond acceptors (Lipinski definition) is 8. The van der Waals surface area contributed by atoms with Gasteiger partial charge in [0.1, 0.15) is 16.7 Å². The second kappa shape index (κ2) is 10.6. The van der Waals surface area contributed by atoms with Crippen LogP contribution in [0.4, 0.5) is 16.2 Å². The molecule has 0 fully saturated rings. The summed E-state index contributed by atoms with van der Waals surface area (Å²) in [5.41, 5.74) is 0.161. The molecule has 13 nitrogen and oxygen atoms in total. The SMILES string of the molecule is CCn1cc(S(=O)(=O)N2C[C@H](C[C@@H](C)C(=O)NS(=O)(=O)C(C)(C)C)Oc3ccc(NC(=O)O)cc32)c(Cl)n1. The van der Waals surface area contributed by atoms with Gasteiger partial charge in [-0.3, -0.25) is 23.8 Å². The first-order chi connectivity index (χ1) is 17.5. The fourth-order valence-corrected chi connectivity index (χ4v) is 6.31. The molecule has 0 saturated heterocycles. The fourth-order valence-electron chi connectivity index (χ4n) is 3.58. The molecule has 1 aliphatic rings. The van der Waals surface area contributed by atoms with Crippen LogP contribution in [-0.4, -0.2) is 61.1 Å². The lowest BCUT2D eigenvalue weighted by molar-refractivity contribution is -0.123. The van der Waals surface area contributed by atoms with Crippen LogP contribution in [0.15, 0.2) is 29.3 Å². The normalized spacial score (nSPS) is 16.8. The smallest absolute Gasteiger partial charge is 0.409 e. The summed E-state index contributed by atoms with van der Waals surface area (Å²) in [6, 6.07) is 4.11. The quantitative estimate of drug-likeness (QED) is 0.416. The van der Waals surface area contributed by atoms with E-state index in [4.69, 9.17) is 21.4 Å². The lowest BCUT2D eigenvalue weighted by atomic mass is 10.0. The van der Waals surface area contributed by atoms with Crippen LogP contribution in [0.5, 0.6) is 5.75 Å². The van der Waals surface area contributed by atoms with Gasteiger partial charge < -0.3 is 9.84 Å². The summed E-state index contributed by atoms with van der Waals surface area (Å²) < 4.78 is 61.5. The molecule has 3 N–H and O–H groups in total. The third-order valence-electron chi connectivity index (χ3n) is 5.83. The van der Waals surface area contributed by atoms with Crippen molar-refractivity contribution in [2.45, 2.75) is 63.3 Å². The van der Waals surface area contributed by atoms with Crippen LogP contribution in [0.25, 0.3) is 0 Å². The molecule has 0 bridgehead atoms. The number of nitrogens with one attached hydrogen (secondary N) is 2. The van der Waals surface area contributed by atoms with Gasteiger partial charge in [0.05, 0.1) is 17.0 Å². The largest absolute Gasteiger partial charge is 0.486 e. The number of rotatable bonds is 8. The van der Waals surface area contributed by atoms with Crippen molar-refractivity contribution >= 4 is 55.0 Å². The average Bonchev–Trinajstić information content (AvgIpc) is 3.18. The van der Waals surface area contributed by atoms with E-state index in [0.717, 1.165) is 4.31 Å². The topological polar surface area (TPSA) is 177 Å². The summed E-state index contributed by atoms with van der Waals surface area (Å²) in [5.74, 6) is -1.49. The highest BCUT2D eigenvalue weighted by atomic mass is 35.5. The number of benzene rings is 1. The molecule has 0 saturated carbocycles. The minimum absolute atomic E-state index is 0.0198. The predicted octanol–water partition coefficient (Wildman–Crippen LogP) is 2.87. The third-order valence-corrected chi connectivity index (χ3v) is 10.1. The van der Waals surface area contributed by atoms with Crippen molar-refractivity contribution in [2.24, 2.45) is 5.92 Å². The number of hydrogen-bond donors (Lipinski definition) is 3. The summed E-state index contributed by atoms with van der Waals surface area (Å²) in [6.07, 6.45) is -0.928. The number of carbonyl (C=O) groups is 2. The Morgan fingerprint density at radius 3 is 2.47 bits per heavy atom. The number of aryl methyl sites for hydroxylation is 1. The third kappa shape index (κ3) is 6.15. The number of carboxylic acid groups (broad SMARTS) is 1. The zero-order chi connectivity index (χ0) is 28.6. The summed E-state index contributed by atoms with van der Waals surface area (Å²) >= 11 is 6.15. The number of nitrogens with zero attached hydrogens (tertiary/aromatic N) is 3. The van der Waals surface area contributed by atoms with E-state index in [1.165, 1.54) is 56.8 Å². The molecular formula is C22H30ClN5O8S2. The molecule has 2 atom stereocenters. The molecule has 1 aromatic heterocycles. The number of aromatic nitrogens is 2. The van der Waals surface area contributed by atoms with Crippen LogP contribution >= 0.6 is 11.6 Å². The number of anilines is 2. The molecule has 2 amide bonds. The molecule has 0 radical (unpaired) electrons. The van der Waals surface area contributed by atoms with Crippen LogP contribution in [-0.2, 0) is 31.4 Å². The number of sulfonamides is 2. The van der Waals surface area contributed by atoms with Gasteiger partial charge in [-0.2, -0.15) is 5.10 Å². The van der Waals surface area contributed by atoms with Crippen LogP contribution in [0.1, 0.15) is 41.0 Å². The summed E-state index contributed by atoms with van der Waals surface area (Å²) in [5, 5.41) is 15.0. The highest BCUT2D eigenvalue weighted by Crippen LogP contribution is 2.40. The molecule has 0 unspecified atom stereocenters. The van der Waals surface area contributed by atoms with Gasteiger partial charge in [0.15, 0.2) is 5.15 Å². The molecular weight excluding hydrogens is 562 g/mol. The van der Waals surface area contributed by atoms with Gasteiger partial charge in [-0.15, -0.1) is 0 Å². The maximum atomic E-state index is 13.7. The molecule has 210 valence electrons. The number of amides is 2. The van der Waals surface area contributed by atoms with Crippen LogP contribution < -0.4 is 19.1 Å². The molecule has 1 aromatic carbocycles. The van der Waals surface area contributed by atoms with E-state index in [1.807, 2.05) is 0 Å². The molecule has 0 spiro atoms. The van der Waals surface area contributed by atoms with Crippen LogP contribution in [0.3, 0.4) is 0 Å². The molecule has 2 aromatic rings. The maximum absolute atomic E-state index is 13.7. The first-order valence-corrected chi connectivity index (χ1v) is 14.9. The van der Waals surface area contributed by atoms with E-state index in [0.29, 0.717) is 6.54 Å². The second-order valence-electron chi connectivity index (χ2n) is 9.75. The molecule has 38 heavy (non-hydrogen) atoms. The van der Waals surface area contributed by atoms with Crippen molar-refractivity contribution in [3.05, 3.63) is 29.5 Å². The Morgan fingerprint density at radius 2 is 1.92 bits per heavy atom. The zero-order valence-corrected chi connectivity index (χ0v) is 23.8. The van der Waals surface area contributed by atoms with Gasteiger partial charge in [0.25, 0.3) is 10.0 Å². The van der Waals surface area contributed by atoms with Gasteiger partial charge in [-0.1, -0.05) is 18.5 Å². The Kier molecular flexibility index (Phi) is 8.24. The van der Waals surface area contributed by atoms with Crippen molar-refractivity contribution in [1.29, 1.82) is 0 Å². The van der Waals surface area contributed by atoms with Gasteiger partial charge >= 0.3 is 6.09 Å². The Balaban J connectivity index is 1.96. The van der Waals surface area contributed by atoms with Gasteiger partial charge in [0, 0.05) is 24.3 Å². The Hall–Kier alpha value is -3.04. The summed E-state index contributed by atoms with van der Waals surface area (Å²) in [7, 11) is -8.26. The van der Waals surface area contributed by atoms with E-state index in [1.54, 1.807) is 6.92 Å². The Morgan fingerprint density at radius 1 is 1.26 bits per heavy atom. The first kappa shape index (κ1) is 29.5. The standard InChI is InChI=1S/C22H30ClN5O8S2/c1-6-27-12-18(19(23)25-27)37(32,33)28-11-15(9-13(2)20(29)26-38(34,35)22(3,4)5)36-17-8-7-14(10-16(17)28)24-21(30)31/h7-8,10,12-13,15,24H,6,9,11H2,1-5H3,(H,26,29)(H,30,31)/t13-,15+/m1/s1. The van der Waals surface area contributed by atoms with E-state index in [-0.39, 0.29) is 40.1 Å². The Labute approximate surface area is 226 Å². The van der Waals surface area contributed by atoms with Gasteiger partial charge in [-0.05, 0) is 52.3 Å². The number of carbonyl (C=O) groups excluding carboxylic acids is 1. The molecule has 3 rings (SSSR count). The molecule has 0 aliphatic carbocycles. The van der Waals surface area contributed by atoms with Gasteiger partial charge in [0.2, 0.25) is 15.9 Å². The van der Waals surface area contributed by atoms with Crippen LogP contribution in [0.2, 0.25) is 5.15 Å². The Bertz CT molecular complexity index is 1450. The van der Waals surface area contributed by atoms with E-state index in [9.17, 15) is 26.4 Å². The fraction of sp³-hybridized carbons (Fsp3) is 0.500. The van der Waals surface area contributed by atoms with E-state index in [2.05, 4.69) is 15.1 Å². The summed E-state index contributed by atoms with van der Waals surface area (Å²) in [4.78, 5) is 23.6. The highest BCUT2D eigenvalue weighted by molar-refractivity contribution is 7.93. The predicted molar refractivity (Wildman–Crippen MR) is 141 cm³/mol. The van der Waals surface area contributed by atoms with Crippen molar-refractivity contribution in [2.75, 3.05) is 16.2 Å². The minimum atomic E-state index is -4.31. The van der Waals surface area contributed by atoms with Crippen molar-refractivity contribution in [3.63, 3.8) is 0 Å². The average molecular weight is 592 g/mol. The van der Waals surface area contributed by atoms with E-state index < -0.39 is 48.8 Å². The van der Waals surface area contributed by atoms with Crippen LogP contribution in [0, 0.1) is 5.92 Å². The monoisotopic (exact) mass is 591 g/mol. The first-order valence-electron chi connectivity index (χ1n) is 11.6. The highest BCUT2D eigenvalue weighted by Gasteiger charge is 2.39. The van der Waals surface area contributed by atoms with Crippen molar-refractivity contribution in [1.82, 2.24) is 14.5 Å². The zero-order valence-electron chi connectivity index (χ0n) is 21.4. The molecule has 1 aliphatic heterocycles. The van der Waals surface area contributed by atoms with Crippen molar-refractivity contribution in [3.8, 4) is 5.75 Å². The molecule has 2 heterocycles. The lowest BCUT2D eigenvalue weighted by Crippen LogP contribution is -2.47.